The summed E-state index contributed by atoms with van der Waals surface area (Å²) >= 11 is 0. The Hall–Kier alpha value is -3.26. The lowest BCUT2D eigenvalue weighted by atomic mass is 10.0. The second-order valence-electron chi connectivity index (χ2n) is 7.58. The fourth-order valence-electron chi connectivity index (χ4n) is 4.09. The number of aromatic nitrogens is 2. The van der Waals surface area contributed by atoms with Gasteiger partial charge < -0.3 is 10.1 Å². The molecule has 0 spiro atoms. The molecule has 1 aliphatic heterocycles. The highest BCUT2D eigenvalue weighted by Crippen LogP contribution is 2.25. The predicted molar refractivity (Wildman–Crippen MR) is 114 cm³/mol. The molecule has 1 N–H and O–H groups in total. The number of ether oxygens (including phenoxy) is 1. The Balaban J connectivity index is 1.99. The monoisotopic (exact) mass is 427 g/mol. The molecule has 31 heavy (non-hydrogen) atoms. The molecular formula is C23H23F2N3O3. The number of nitrogens with one attached hydrogen (secondary N) is 1. The lowest BCUT2D eigenvalue weighted by Crippen LogP contribution is -2.45. The Morgan fingerprint density at radius 2 is 1.84 bits per heavy atom. The molecule has 2 aromatic carbocycles. The fraction of sp³-hybridized carbons (Fsp3) is 0.304. The van der Waals surface area contributed by atoms with E-state index in [0.29, 0.717) is 42.1 Å². The van der Waals surface area contributed by atoms with Crippen molar-refractivity contribution in [3.63, 3.8) is 0 Å². The van der Waals surface area contributed by atoms with Crippen molar-refractivity contribution in [1.29, 1.82) is 0 Å². The van der Waals surface area contributed by atoms with Gasteiger partial charge in [-0.2, -0.15) is 0 Å². The maximum Gasteiger partial charge on any atom is 0.331 e. The van der Waals surface area contributed by atoms with Crippen LogP contribution in [0.4, 0.5) is 8.78 Å². The molecule has 0 radical (unpaired) electrons. The van der Waals surface area contributed by atoms with Gasteiger partial charge in [0.2, 0.25) is 0 Å². The molecule has 1 fully saturated rings. The lowest BCUT2D eigenvalue weighted by molar-refractivity contribution is 0.415. The van der Waals surface area contributed by atoms with Crippen molar-refractivity contribution in [3.8, 4) is 16.9 Å². The van der Waals surface area contributed by atoms with E-state index in [0.717, 1.165) is 12.1 Å². The maximum atomic E-state index is 14.4. The van der Waals surface area contributed by atoms with Gasteiger partial charge in [-0.1, -0.05) is 18.2 Å². The fourth-order valence-corrected chi connectivity index (χ4v) is 4.09. The van der Waals surface area contributed by atoms with Gasteiger partial charge in [-0.15, -0.1) is 0 Å². The quantitative estimate of drug-likeness (QED) is 0.680. The van der Waals surface area contributed by atoms with Gasteiger partial charge in [-0.3, -0.25) is 13.9 Å². The van der Waals surface area contributed by atoms with Crippen LogP contribution in [-0.4, -0.2) is 29.3 Å². The summed E-state index contributed by atoms with van der Waals surface area (Å²) in [5.41, 5.74) is -0.00110. The minimum Gasteiger partial charge on any atom is -0.497 e. The zero-order valence-electron chi connectivity index (χ0n) is 17.3. The molecular weight excluding hydrogens is 404 g/mol. The summed E-state index contributed by atoms with van der Waals surface area (Å²) in [6, 6.07) is 10.2. The highest BCUT2D eigenvalue weighted by Gasteiger charge is 2.26. The van der Waals surface area contributed by atoms with Crippen molar-refractivity contribution < 1.29 is 13.5 Å². The largest absolute Gasteiger partial charge is 0.497 e. The van der Waals surface area contributed by atoms with E-state index in [1.165, 1.54) is 22.3 Å². The van der Waals surface area contributed by atoms with Gasteiger partial charge in [0, 0.05) is 17.8 Å². The molecule has 1 saturated heterocycles. The molecule has 6 nitrogen and oxygen atoms in total. The SMILES string of the molecule is COc1cccc(-c2c(C)n(Cc3c(F)cccc3F)c(=O)n(C3CCNC3)c2=O)c1. The molecule has 1 aromatic heterocycles. The van der Waals surface area contributed by atoms with Crippen molar-refractivity contribution in [1.82, 2.24) is 14.5 Å². The molecule has 0 aliphatic carbocycles. The van der Waals surface area contributed by atoms with E-state index in [4.69, 9.17) is 4.74 Å². The van der Waals surface area contributed by atoms with Crippen molar-refractivity contribution >= 4 is 0 Å². The van der Waals surface area contributed by atoms with E-state index in [-0.39, 0.29) is 18.2 Å². The van der Waals surface area contributed by atoms with Crippen LogP contribution in [0.5, 0.6) is 5.75 Å². The average molecular weight is 427 g/mol. The number of methoxy groups -OCH3 is 1. The van der Waals surface area contributed by atoms with Crippen LogP contribution < -0.4 is 21.3 Å². The Bertz CT molecular complexity index is 1220. The molecule has 0 saturated carbocycles. The smallest absolute Gasteiger partial charge is 0.331 e. The summed E-state index contributed by atoms with van der Waals surface area (Å²) in [6.45, 7) is 2.46. The van der Waals surface area contributed by atoms with Crippen LogP contribution in [-0.2, 0) is 6.54 Å². The minimum atomic E-state index is -0.741. The van der Waals surface area contributed by atoms with Gasteiger partial charge in [-0.05, 0) is 49.7 Å². The van der Waals surface area contributed by atoms with E-state index >= 15 is 0 Å². The molecule has 4 rings (SSSR count). The summed E-state index contributed by atoms with van der Waals surface area (Å²) in [5.74, 6) is -0.924. The van der Waals surface area contributed by atoms with Gasteiger partial charge in [0.05, 0.1) is 25.3 Å². The van der Waals surface area contributed by atoms with Crippen LogP contribution in [0, 0.1) is 18.6 Å². The molecule has 162 valence electrons. The van der Waals surface area contributed by atoms with Crippen LogP contribution in [0.25, 0.3) is 11.1 Å². The number of rotatable bonds is 5. The highest BCUT2D eigenvalue weighted by atomic mass is 19.1. The van der Waals surface area contributed by atoms with E-state index in [9.17, 15) is 18.4 Å². The third kappa shape index (κ3) is 3.79. The predicted octanol–water partition coefficient (Wildman–Crippen LogP) is 2.85. The Morgan fingerprint density at radius 3 is 2.48 bits per heavy atom. The van der Waals surface area contributed by atoms with Gasteiger partial charge >= 0.3 is 5.69 Å². The minimum absolute atomic E-state index is 0.223. The van der Waals surface area contributed by atoms with Gasteiger partial charge in [0.15, 0.2) is 0 Å². The first-order valence-electron chi connectivity index (χ1n) is 10.1. The van der Waals surface area contributed by atoms with E-state index < -0.39 is 22.9 Å². The van der Waals surface area contributed by atoms with Crippen molar-refractivity contribution in [3.05, 3.63) is 86.2 Å². The lowest BCUT2D eigenvalue weighted by Gasteiger charge is -2.21. The number of hydrogen-bond donors (Lipinski definition) is 1. The molecule has 8 heteroatoms. The van der Waals surface area contributed by atoms with Crippen LogP contribution >= 0.6 is 0 Å². The molecule has 0 bridgehead atoms. The van der Waals surface area contributed by atoms with Crippen molar-refractivity contribution in [2.24, 2.45) is 0 Å². The zero-order valence-corrected chi connectivity index (χ0v) is 17.3. The van der Waals surface area contributed by atoms with E-state index in [1.54, 1.807) is 31.2 Å². The second kappa shape index (κ2) is 8.47. The summed E-state index contributed by atoms with van der Waals surface area (Å²) in [5, 5.41) is 3.16. The Labute approximate surface area is 177 Å². The highest BCUT2D eigenvalue weighted by molar-refractivity contribution is 5.66. The van der Waals surface area contributed by atoms with Crippen LogP contribution in [0.3, 0.4) is 0 Å². The van der Waals surface area contributed by atoms with Gasteiger partial charge in [-0.25, -0.2) is 13.6 Å². The summed E-state index contributed by atoms with van der Waals surface area (Å²) in [6.07, 6.45) is 0.615. The first-order valence-corrected chi connectivity index (χ1v) is 10.1. The standard InChI is InChI=1S/C23H23F2N3O3/c1-14-21(15-5-3-6-17(11-15)31-2)22(29)28(16-9-10-26-12-16)23(30)27(14)13-18-19(24)7-4-8-20(18)25/h3-8,11,16,26H,9-10,12-13H2,1-2H3. The zero-order chi connectivity index (χ0) is 22.1. The summed E-state index contributed by atoms with van der Waals surface area (Å²) in [7, 11) is 1.52. The maximum absolute atomic E-state index is 14.4. The van der Waals surface area contributed by atoms with Crippen molar-refractivity contribution in [2.45, 2.75) is 25.9 Å². The molecule has 3 aromatic rings. The van der Waals surface area contributed by atoms with E-state index in [2.05, 4.69) is 5.32 Å². The van der Waals surface area contributed by atoms with Crippen molar-refractivity contribution in [2.75, 3.05) is 20.2 Å². The molecule has 1 aliphatic rings. The normalized spacial score (nSPS) is 15.9. The third-order valence-corrected chi connectivity index (χ3v) is 5.77. The third-order valence-electron chi connectivity index (χ3n) is 5.77. The molecule has 1 unspecified atom stereocenters. The molecule has 0 amide bonds. The second-order valence-corrected chi connectivity index (χ2v) is 7.58. The Kier molecular flexibility index (Phi) is 5.73. The number of halogens is 2. The molecule has 2 heterocycles. The summed E-state index contributed by atoms with van der Waals surface area (Å²) in [4.78, 5) is 26.8. The topological polar surface area (TPSA) is 65.3 Å². The number of nitrogens with zero attached hydrogens (tertiary/aromatic N) is 2. The first kappa shape index (κ1) is 21.0. The summed E-state index contributed by atoms with van der Waals surface area (Å²) < 4.78 is 36.5. The Morgan fingerprint density at radius 1 is 1.13 bits per heavy atom. The van der Waals surface area contributed by atoms with E-state index in [1.807, 2.05) is 0 Å². The molecule has 1 atom stereocenters. The number of hydrogen-bond acceptors (Lipinski definition) is 4. The van der Waals surface area contributed by atoms with Crippen LogP contribution in [0.15, 0.2) is 52.1 Å². The first-order chi connectivity index (χ1) is 14.9. The van der Waals surface area contributed by atoms with Crippen LogP contribution in [0.1, 0.15) is 23.7 Å². The average Bonchev–Trinajstić information content (AvgIpc) is 3.27. The van der Waals surface area contributed by atoms with Crippen LogP contribution in [0.2, 0.25) is 0 Å². The van der Waals surface area contributed by atoms with Gasteiger partial charge in [0.25, 0.3) is 5.56 Å². The number of benzene rings is 2. The van der Waals surface area contributed by atoms with Gasteiger partial charge in [0.1, 0.15) is 17.4 Å².